The van der Waals surface area contributed by atoms with Crippen LogP contribution in [0.1, 0.15) is 27.7 Å². The third-order valence-electron chi connectivity index (χ3n) is 3.02. The third-order valence-corrected chi connectivity index (χ3v) is 3.02. The van der Waals surface area contributed by atoms with E-state index in [0.29, 0.717) is 19.8 Å². The molecule has 0 aromatic carbocycles. The van der Waals surface area contributed by atoms with Gasteiger partial charge in [0.2, 0.25) is 0 Å². The van der Waals surface area contributed by atoms with Gasteiger partial charge in [-0.15, -0.1) is 0 Å². The molecule has 1 aliphatic rings. The highest BCUT2D eigenvalue weighted by molar-refractivity contribution is 5.78. The van der Waals surface area contributed by atoms with Gasteiger partial charge in [-0.25, -0.2) is 4.79 Å². The number of rotatable bonds is 5. The summed E-state index contributed by atoms with van der Waals surface area (Å²) in [7, 11) is 1.52. The van der Waals surface area contributed by atoms with E-state index in [0.717, 1.165) is 13.1 Å². The number of ether oxygens (including phenoxy) is 3. The van der Waals surface area contributed by atoms with Crippen molar-refractivity contribution in [2.75, 3.05) is 46.4 Å². The van der Waals surface area contributed by atoms with E-state index < -0.39 is 17.7 Å². The van der Waals surface area contributed by atoms with E-state index in [-0.39, 0.29) is 12.6 Å². The summed E-state index contributed by atoms with van der Waals surface area (Å²) < 4.78 is 15.8. The lowest BCUT2D eigenvalue weighted by molar-refractivity contribution is -0.150. The first-order valence-electron chi connectivity index (χ1n) is 7.61. The highest BCUT2D eigenvalue weighted by Gasteiger charge is 2.23. The van der Waals surface area contributed by atoms with Crippen molar-refractivity contribution >= 4 is 12.1 Å². The molecule has 1 rings (SSSR count). The van der Waals surface area contributed by atoms with Crippen molar-refractivity contribution < 1.29 is 23.8 Å². The Morgan fingerprint density at radius 2 is 1.86 bits per heavy atom. The van der Waals surface area contributed by atoms with Crippen LogP contribution in [0.3, 0.4) is 0 Å². The topological polar surface area (TPSA) is 68.3 Å². The van der Waals surface area contributed by atoms with E-state index in [4.69, 9.17) is 14.2 Å². The molecule has 0 saturated carbocycles. The van der Waals surface area contributed by atoms with E-state index >= 15 is 0 Å². The summed E-state index contributed by atoms with van der Waals surface area (Å²) in [5, 5.41) is 0. The number of nitrogens with zero attached hydrogens (tertiary/aromatic N) is 2. The van der Waals surface area contributed by atoms with E-state index in [1.54, 1.807) is 20.8 Å². The van der Waals surface area contributed by atoms with E-state index in [2.05, 4.69) is 4.90 Å². The summed E-state index contributed by atoms with van der Waals surface area (Å²) >= 11 is 0. The molecule has 0 bridgehead atoms. The lowest BCUT2D eigenvalue weighted by Gasteiger charge is -2.29. The Hall–Kier alpha value is -1.34. The normalized spacial score (nSPS) is 17.7. The molecule has 0 N–H and O–H groups in total. The maximum absolute atomic E-state index is 11.9. The quantitative estimate of drug-likeness (QED) is 0.708. The van der Waals surface area contributed by atoms with Gasteiger partial charge >= 0.3 is 12.1 Å². The molecule has 1 aliphatic heterocycles. The number of carbonyl (C=O) groups excluding carboxylic acids is 2. The van der Waals surface area contributed by atoms with Crippen molar-refractivity contribution in [1.29, 1.82) is 0 Å². The number of hydrogen-bond acceptors (Lipinski definition) is 6. The zero-order chi connectivity index (χ0) is 16.8. The van der Waals surface area contributed by atoms with Crippen LogP contribution < -0.4 is 0 Å². The molecule has 0 unspecified atom stereocenters. The van der Waals surface area contributed by atoms with Crippen molar-refractivity contribution in [3.8, 4) is 0 Å². The molecular formula is C15H28N2O5. The lowest BCUT2D eigenvalue weighted by Crippen LogP contribution is -2.42. The van der Waals surface area contributed by atoms with Crippen molar-refractivity contribution in [3.63, 3.8) is 0 Å². The van der Waals surface area contributed by atoms with Gasteiger partial charge in [0.25, 0.3) is 0 Å². The van der Waals surface area contributed by atoms with Gasteiger partial charge in [0, 0.05) is 26.7 Å². The molecule has 1 saturated heterocycles. The van der Waals surface area contributed by atoms with Crippen LogP contribution in [0, 0.1) is 0 Å². The van der Waals surface area contributed by atoms with Crippen LogP contribution in [0.15, 0.2) is 0 Å². The summed E-state index contributed by atoms with van der Waals surface area (Å²) in [4.78, 5) is 27.0. The van der Waals surface area contributed by atoms with Gasteiger partial charge in [-0.05, 0) is 27.7 Å². The van der Waals surface area contributed by atoms with Crippen LogP contribution in [0.25, 0.3) is 0 Å². The van der Waals surface area contributed by atoms with Crippen molar-refractivity contribution in [1.82, 2.24) is 9.80 Å². The largest absolute Gasteiger partial charge is 0.460 e. The van der Waals surface area contributed by atoms with Gasteiger partial charge in [0.15, 0.2) is 0 Å². The molecular weight excluding hydrogens is 288 g/mol. The molecule has 0 spiro atoms. The molecule has 0 radical (unpaired) electrons. The Morgan fingerprint density at radius 3 is 2.41 bits per heavy atom. The van der Waals surface area contributed by atoms with Crippen LogP contribution in [-0.2, 0) is 19.0 Å². The Morgan fingerprint density at radius 1 is 1.27 bits per heavy atom. The average Bonchev–Trinajstić information content (AvgIpc) is 2.37. The maximum Gasteiger partial charge on any atom is 0.410 e. The predicted octanol–water partition coefficient (Wildman–Crippen LogP) is 1.12. The monoisotopic (exact) mass is 316 g/mol. The first-order chi connectivity index (χ1) is 10.2. The number of esters is 1. The molecule has 0 aliphatic carbocycles. The SMILES string of the molecule is C[C@@H](CN1CCOCC1)OC(=O)CN(C)C(=O)OC(C)(C)C. The Labute approximate surface area is 132 Å². The molecule has 128 valence electrons. The number of likely N-dealkylation sites (N-methyl/N-ethyl adjacent to an activating group) is 1. The van der Waals surface area contributed by atoms with Gasteiger partial charge in [-0.3, -0.25) is 9.69 Å². The molecule has 7 heteroatoms. The van der Waals surface area contributed by atoms with E-state index in [1.165, 1.54) is 11.9 Å². The lowest BCUT2D eigenvalue weighted by atomic mass is 10.2. The van der Waals surface area contributed by atoms with Gasteiger partial charge in [0.05, 0.1) is 13.2 Å². The van der Waals surface area contributed by atoms with Crippen LogP contribution >= 0.6 is 0 Å². The molecule has 1 heterocycles. The van der Waals surface area contributed by atoms with Gasteiger partial charge in [-0.2, -0.15) is 0 Å². The molecule has 1 fully saturated rings. The second kappa shape index (κ2) is 8.33. The van der Waals surface area contributed by atoms with E-state index in [1.807, 2.05) is 6.92 Å². The number of carbonyl (C=O) groups is 2. The van der Waals surface area contributed by atoms with Crippen LogP contribution in [-0.4, -0.2) is 80.0 Å². The average molecular weight is 316 g/mol. The number of hydrogen-bond donors (Lipinski definition) is 0. The Kier molecular flexibility index (Phi) is 7.09. The van der Waals surface area contributed by atoms with E-state index in [9.17, 15) is 9.59 Å². The zero-order valence-electron chi connectivity index (χ0n) is 14.3. The third kappa shape index (κ3) is 7.61. The second-order valence-corrected chi connectivity index (χ2v) is 6.55. The van der Waals surface area contributed by atoms with Crippen LogP contribution in [0.2, 0.25) is 0 Å². The minimum atomic E-state index is -0.584. The fraction of sp³-hybridized carbons (Fsp3) is 0.867. The van der Waals surface area contributed by atoms with Crippen LogP contribution in [0.4, 0.5) is 4.79 Å². The summed E-state index contributed by atoms with van der Waals surface area (Å²) in [6, 6.07) is 0. The van der Waals surface area contributed by atoms with Gasteiger partial charge in [-0.1, -0.05) is 0 Å². The minimum absolute atomic E-state index is 0.123. The highest BCUT2D eigenvalue weighted by Crippen LogP contribution is 2.09. The molecule has 0 aromatic heterocycles. The molecule has 7 nitrogen and oxygen atoms in total. The summed E-state index contributed by atoms with van der Waals surface area (Å²) in [5.41, 5.74) is -0.584. The first-order valence-corrected chi connectivity index (χ1v) is 7.61. The smallest absolute Gasteiger partial charge is 0.410 e. The fourth-order valence-corrected chi connectivity index (χ4v) is 2.04. The van der Waals surface area contributed by atoms with Crippen molar-refractivity contribution in [2.24, 2.45) is 0 Å². The Bertz CT molecular complexity index is 375. The molecule has 1 amide bonds. The van der Waals surface area contributed by atoms with Crippen LogP contribution in [0.5, 0.6) is 0 Å². The maximum atomic E-state index is 11.9. The van der Waals surface area contributed by atoms with Gasteiger partial charge in [0.1, 0.15) is 18.2 Å². The summed E-state index contributed by atoms with van der Waals surface area (Å²) in [5.74, 6) is -0.436. The minimum Gasteiger partial charge on any atom is -0.460 e. The first kappa shape index (κ1) is 18.7. The fourth-order valence-electron chi connectivity index (χ4n) is 2.04. The number of amides is 1. The molecule has 1 atom stereocenters. The zero-order valence-corrected chi connectivity index (χ0v) is 14.3. The summed E-state index contributed by atoms with van der Waals surface area (Å²) in [6.07, 6.45) is -0.761. The van der Waals surface area contributed by atoms with Gasteiger partial charge < -0.3 is 19.1 Å². The second-order valence-electron chi connectivity index (χ2n) is 6.55. The summed E-state index contributed by atoms with van der Waals surface area (Å²) in [6.45, 7) is 10.8. The van der Waals surface area contributed by atoms with Crippen molar-refractivity contribution in [2.45, 2.75) is 39.4 Å². The standard InChI is InChI=1S/C15H28N2O5/c1-12(10-17-6-8-20-9-7-17)21-13(18)11-16(5)14(19)22-15(2,3)4/h12H,6-11H2,1-5H3/t12-/m0/s1. The van der Waals surface area contributed by atoms with Crippen molar-refractivity contribution in [3.05, 3.63) is 0 Å². The highest BCUT2D eigenvalue weighted by atomic mass is 16.6. The molecule has 0 aromatic rings. The Balaban J connectivity index is 2.30. The molecule has 22 heavy (non-hydrogen) atoms. The number of morpholine rings is 1. The predicted molar refractivity (Wildman–Crippen MR) is 81.7 cm³/mol.